The van der Waals surface area contributed by atoms with E-state index in [0.29, 0.717) is 37.8 Å². The zero-order valence-corrected chi connectivity index (χ0v) is 22.0. The Morgan fingerprint density at radius 2 is 1.54 bits per heavy atom. The summed E-state index contributed by atoms with van der Waals surface area (Å²) in [6.07, 6.45) is 0.599. The van der Waals surface area contributed by atoms with E-state index in [1.54, 1.807) is 35.2 Å². The molecule has 1 saturated heterocycles. The maximum atomic E-state index is 13.7. The van der Waals surface area contributed by atoms with Crippen LogP contribution in [0.3, 0.4) is 0 Å². The Morgan fingerprint density at radius 1 is 0.923 bits per heavy atom. The molecular formula is C27H30ClF3N4O4. The summed E-state index contributed by atoms with van der Waals surface area (Å²) in [6, 6.07) is 11.5. The van der Waals surface area contributed by atoms with E-state index in [9.17, 15) is 27.6 Å². The van der Waals surface area contributed by atoms with Crippen molar-refractivity contribution in [1.82, 2.24) is 15.1 Å². The number of hydrogen-bond donors (Lipinski definition) is 1. The van der Waals surface area contributed by atoms with Crippen LogP contribution in [0.15, 0.2) is 54.6 Å². The summed E-state index contributed by atoms with van der Waals surface area (Å²) in [5.74, 6) is -3.00. The van der Waals surface area contributed by atoms with Crippen molar-refractivity contribution in [3.63, 3.8) is 0 Å². The summed E-state index contributed by atoms with van der Waals surface area (Å²) in [5, 5.41) is 2.91. The lowest BCUT2D eigenvalue weighted by atomic mass is 9.93. The zero-order chi connectivity index (χ0) is 28.0. The summed E-state index contributed by atoms with van der Waals surface area (Å²) in [4.78, 5) is 47.1. The highest BCUT2D eigenvalue weighted by Gasteiger charge is 2.44. The van der Waals surface area contributed by atoms with E-state index in [1.165, 1.54) is 43.5 Å². The van der Waals surface area contributed by atoms with Gasteiger partial charge in [0.2, 0.25) is 5.91 Å². The Balaban J connectivity index is 1.53. The van der Waals surface area contributed by atoms with Crippen LogP contribution < -0.4 is 10.4 Å². The van der Waals surface area contributed by atoms with E-state index in [-0.39, 0.29) is 15.8 Å². The first-order valence-electron chi connectivity index (χ1n) is 12.9. The Labute approximate surface area is 229 Å². The minimum Gasteiger partial charge on any atom is -0.338 e. The average Bonchev–Trinajstić information content (AvgIpc) is 2.95. The number of halogens is 4. The monoisotopic (exact) mass is 566 g/mol. The van der Waals surface area contributed by atoms with E-state index < -0.39 is 30.1 Å². The first-order chi connectivity index (χ1) is 18.6. The van der Waals surface area contributed by atoms with Crippen LogP contribution in [-0.2, 0) is 14.4 Å². The van der Waals surface area contributed by atoms with Crippen molar-refractivity contribution in [2.45, 2.75) is 50.4 Å². The first kappa shape index (κ1) is 28.7. The van der Waals surface area contributed by atoms with Crippen molar-refractivity contribution < 1.29 is 32.4 Å². The summed E-state index contributed by atoms with van der Waals surface area (Å²) >= 11 is 5.87. The molecule has 0 spiro atoms. The van der Waals surface area contributed by atoms with Crippen molar-refractivity contribution in [2.75, 3.05) is 31.2 Å². The number of carbonyl (C=O) groups is 3. The number of benzene rings is 2. The molecule has 39 heavy (non-hydrogen) atoms. The number of nitrogens with zero attached hydrogens (tertiary/aromatic N) is 3. The molecule has 2 aromatic carbocycles. The average molecular weight is 567 g/mol. The van der Waals surface area contributed by atoms with E-state index in [1.807, 2.05) is 0 Å². The number of hydrogen-bond acceptors (Lipinski definition) is 5. The molecule has 2 aliphatic rings. The van der Waals surface area contributed by atoms with Gasteiger partial charge in [0.25, 0.3) is 0 Å². The second-order valence-corrected chi connectivity index (χ2v) is 10.0. The fourth-order valence-electron chi connectivity index (χ4n) is 4.97. The minimum absolute atomic E-state index is 0.177. The molecule has 0 radical (unpaired) electrons. The Bertz CT molecular complexity index is 1140. The highest BCUT2D eigenvalue weighted by Crippen LogP contribution is 2.26. The van der Waals surface area contributed by atoms with Crippen LogP contribution in [0.5, 0.6) is 0 Å². The summed E-state index contributed by atoms with van der Waals surface area (Å²) in [7, 11) is 0. The predicted octanol–water partition coefficient (Wildman–Crippen LogP) is 5.09. The number of nitrogens with one attached hydrogen (secondary N) is 1. The molecular weight excluding hydrogens is 537 g/mol. The summed E-state index contributed by atoms with van der Waals surface area (Å²) in [5.41, 5.74) is 0.249. The lowest BCUT2D eigenvalue weighted by molar-refractivity contribution is -0.199. The Kier molecular flexibility index (Phi) is 9.34. The lowest BCUT2D eigenvalue weighted by Gasteiger charge is -2.41. The molecule has 8 nitrogen and oxygen atoms in total. The fourth-order valence-corrected chi connectivity index (χ4v) is 5.10. The van der Waals surface area contributed by atoms with Gasteiger partial charge in [-0.15, -0.1) is 5.06 Å². The molecule has 0 bridgehead atoms. The fraction of sp³-hybridized carbons (Fsp3) is 0.444. The third-order valence-corrected chi connectivity index (χ3v) is 7.27. The molecule has 2 aromatic rings. The molecule has 1 aliphatic heterocycles. The van der Waals surface area contributed by atoms with Crippen LogP contribution in [0.25, 0.3) is 0 Å². The second kappa shape index (κ2) is 12.7. The van der Waals surface area contributed by atoms with E-state index >= 15 is 0 Å². The molecule has 2 fully saturated rings. The van der Waals surface area contributed by atoms with E-state index in [0.717, 1.165) is 12.8 Å². The Morgan fingerprint density at radius 3 is 2.13 bits per heavy atom. The molecule has 1 saturated carbocycles. The molecule has 210 valence electrons. The molecule has 1 aliphatic carbocycles. The van der Waals surface area contributed by atoms with E-state index in [2.05, 4.69) is 15.1 Å². The van der Waals surface area contributed by atoms with Gasteiger partial charge in [-0.1, -0.05) is 61.2 Å². The number of urea groups is 1. The second-order valence-electron chi connectivity index (χ2n) is 9.59. The highest BCUT2D eigenvalue weighted by molar-refractivity contribution is 6.30. The Hall–Kier alpha value is -3.31. The number of anilines is 1. The molecule has 12 heteroatoms. The van der Waals surface area contributed by atoms with Crippen LogP contribution in [0, 0.1) is 0 Å². The number of carbonyl (C=O) groups excluding carboxylic acids is 3. The SMILES string of the molecule is O=C([C@H](NC(=O)N(OC(=O)C(F)(F)F)c1ccc(Cl)cc1)c1ccccc1)N1CCN(C2CCCCC2)CC1. The smallest absolute Gasteiger partial charge is 0.338 e. The van der Waals surface area contributed by atoms with Gasteiger partial charge in [-0.05, 0) is 42.7 Å². The van der Waals surface area contributed by atoms with Crippen molar-refractivity contribution in [1.29, 1.82) is 0 Å². The van der Waals surface area contributed by atoms with Gasteiger partial charge >= 0.3 is 18.2 Å². The molecule has 1 heterocycles. The first-order valence-corrected chi connectivity index (χ1v) is 13.2. The number of amides is 3. The van der Waals surface area contributed by atoms with Crippen LogP contribution in [-0.4, -0.2) is 66.1 Å². The number of hydroxylamine groups is 1. The van der Waals surface area contributed by atoms with Gasteiger partial charge in [-0.25, -0.2) is 9.59 Å². The van der Waals surface area contributed by atoms with Crippen molar-refractivity contribution in [2.24, 2.45) is 0 Å². The third-order valence-electron chi connectivity index (χ3n) is 7.02. The molecule has 1 N–H and O–H groups in total. The molecule has 1 atom stereocenters. The highest BCUT2D eigenvalue weighted by atomic mass is 35.5. The van der Waals surface area contributed by atoms with Crippen molar-refractivity contribution in [3.8, 4) is 0 Å². The van der Waals surface area contributed by atoms with Gasteiger partial charge in [0.15, 0.2) is 0 Å². The third kappa shape index (κ3) is 7.42. The normalized spacial score (nSPS) is 17.8. The standard InChI is InChI=1S/C27H30ClF3N4O4/c28-20-11-13-22(14-12-20)35(39-25(37)27(29,30)31)26(38)32-23(19-7-3-1-4-8-19)24(36)34-17-15-33(16-18-34)21-9-5-2-6-10-21/h1,3-4,7-8,11-14,21,23H,2,5-6,9-10,15-18H2,(H,32,38)/t23-/m1/s1. The van der Waals surface area contributed by atoms with Gasteiger partial charge in [0.1, 0.15) is 6.04 Å². The number of rotatable bonds is 5. The maximum Gasteiger partial charge on any atom is 0.493 e. The number of alkyl halides is 3. The van der Waals surface area contributed by atoms with Crippen molar-refractivity contribution >= 4 is 35.2 Å². The quantitative estimate of drug-likeness (QED) is 0.510. The summed E-state index contributed by atoms with van der Waals surface area (Å²) in [6.45, 7) is 2.31. The largest absolute Gasteiger partial charge is 0.493 e. The lowest BCUT2D eigenvalue weighted by Crippen LogP contribution is -2.55. The van der Waals surface area contributed by atoms with Crippen molar-refractivity contribution in [3.05, 3.63) is 65.2 Å². The van der Waals surface area contributed by atoms with Gasteiger partial charge in [0.05, 0.1) is 5.69 Å². The van der Waals surface area contributed by atoms with Crippen LogP contribution in [0.4, 0.5) is 23.7 Å². The molecule has 0 unspecified atom stereocenters. The summed E-state index contributed by atoms with van der Waals surface area (Å²) < 4.78 is 39.0. The molecule has 0 aromatic heterocycles. The van der Waals surface area contributed by atoms with Crippen LogP contribution in [0.2, 0.25) is 5.02 Å². The van der Waals surface area contributed by atoms with Gasteiger partial charge in [0, 0.05) is 37.2 Å². The zero-order valence-electron chi connectivity index (χ0n) is 21.2. The topological polar surface area (TPSA) is 82.2 Å². The predicted molar refractivity (Wildman–Crippen MR) is 139 cm³/mol. The van der Waals surface area contributed by atoms with Gasteiger partial charge in [-0.2, -0.15) is 13.2 Å². The minimum atomic E-state index is -5.35. The van der Waals surface area contributed by atoms with Crippen LogP contribution in [0.1, 0.15) is 43.7 Å². The number of piperazine rings is 1. The molecule has 4 rings (SSSR count). The van der Waals surface area contributed by atoms with E-state index in [4.69, 9.17) is 11.6 Å². The van der Waals surface area contributed by atoms with Gasteiger partial charge < -0.3 is 15.1 Å². The van der Waals surface area contributed by atoms with Gasteiger partial charge in [-0.3, -0.25) is 9.69 Å². The molecule has 3 amide bonds. The maximum absolute atomic E-state index is 13.7. The van der Waals surface area contributed by atoms with Crippen LogP contribution >= 0.6 is 11.6 Å².